The number of carbonyl (C=O) groups is 1. The first kappa shape index (κ1) is 19.1. The Balaban J connectivity index is 1.60. The van der Waals surface area contributed by atoms with E-state index in [2.05, 4.69) is 6.58 Å². The molecule has 1 fully saturated rings. The van der Waals surface area contributed by atoms with E-state index in [4.69, 9.17) is 4.98 Å². The van der Waals surface area contributed by atoms with Gasteiger partial charge in [0.2, 0.25) is 5.91 Å². The normalized spacial score (nSPS) is 14.0. The van der Waals surface area contributed by atoms with Crippen LogP contribution in [0.3, 0.4) is 0 Å². The third-order valence-electron chi connectivity index (χ3n) is 6.00. The molecule has 1 aliphatic heterocycles. The zero-order chi connectivity index (χ0) is 21.7. The van der Waals surface area contributed by atoms with Crippen molar-refractivity contribution in [1.82, 2.24) is 14.5 Å². The molecule has 0 saturated carbocycles. The Morgan fingerprint density at radius 1 is 1.13 bits per heavy atom. The maximum absolute atomic E-state index is 13.2. The van der Waals surface area contributed by atoms with Crippen molar-refractivity contribution < 1.29 is 9.90 Å². The number of hydrogen-bond donors (Lipinski definition) is 1. The second-order valence-corrected chi connectivity index (χ2v) is 7.92. The molecule has 6 nitrogen and oxygen atoms in total. The Labute approximate surface area is 178 Å². The molecule has 1 saturated heterocycles. The van der Waals surface area contributed by atoms with E-state index in [1.807, 2.05) is 42.5 Å². The van der Waals surface area contributed by atoms with Gasteiger partial charge in [-0.3, -0.25) is 14.2 Å². The fourth-order valence-corrected chi connectivity index (χ4v) is 4.31. The van der Waals surface area contributed by atoms with Crippen LogP contribution in [0.1, 0.15) is 11.7 Å². The molecule has 0 radical (unpaired) electrons. The van der Waals surface area contributed by atoms with E-state index in [9.17, 15) is 14.7 Å². The van der Waals surface area contributed by atoms with Crippen LogP contribution in [0.2, 0.25) is 0 Å². The Bertz CT molecular complexity index is 1430. The predicted octanol–water partition coefficient (Wildman–Crippen LogP) is 3.57. The van der Waals surface area contributed by atoms with Crippen molar-refractivity contribution in [2.45, 2.75) is 5.92 Å². The van der Waals surface area contributed by atoms with Gasteiger partial charge in [-0.25, -0.2) is 4.98 Å². The van der Waals surface area contributed by atoms with Crippen LogP contribution in [0.25, 0.3) is 32.8 Å². The molecule has 0 spiro atoms. The zero-order valence-electron chi connectivity index (χ0n) is 17.1. The lowest BCUT2D eigenvalue weighted by molar-refractivity contribution is -0.130. The van der Waals surface area contributed by atoms with Crippen molar-refractivity contribution in [1.29, 1.82) is 0 Å². The van der Waals surface area contributed by atoms with Gasteiger partial charge >= 0.3 is 0 Å². The van der Waals surface area contributed by atoms with E-state index in [1.54, 1.807) is 28.6 Å². The van der Waals surface area contributed by atoms with Crippen LogP contribution in [0, 0.1) is 0 Å². The van der Waals surface area contributed by atoms with Gasteiger partial charge in [0, 0.05) is 20.1 Å². The highest BCUT2D eigenvalue weighted by Gasteiger charge is 2.33. The summed E-state index contributed by atoms with van der Waals surface area (Å²) in [5, 5.41) is 12.6. The number of likely N-dealkylation sites (tertiary alicyclic amines) is 1. The van der Waals surface area contributed by atoms with Crippen molar-refractivity contribution in [3.05, 3.63) is 83.4 Å². The molecule has 0 atom stereocenters. The van der Waals surface area contributed by atoms with Gasteiger partial charge in [-0.05, 0) is 52.2 Å². The number of nitrogens with zero attached hydrogens (tertiary/aromatic N) is 3. The Morgan fingerprint density at radius 3 is 2.68 bits per heavy atom. The number of aromatic nitrogens is 2. The van der Waals surface area contributed by atoms with Crippen LogP contribution in [-0.2, 0) is 11.8 Å². The summed E-state index contributed by atoms with van der Waals surface area (Å²) in [4.78, 5) is 31.3. The number of phenolic OH excluding ortho intramolecular Hbond substituents is 1. The van der Waals surface area contributed by atoms with Crippen molar-refractivity contribution in [3.8, 4) is 16.9 Å². The van der Waals surface area contributed by atoms with Crippen LogP contribution in [0.15, 0.2) is 72.0 Å². The Kier molecular flexibility index (Phi) is 4.36. The molecule has 1 N–H and O–H groups in total. The van der Waals surface area contributed by atoms with Crippen LogP contribution >= 0.6 is 0 Å². The van der Waals surface area contributed by atoms with Crippen molar-refractivity contribution >= 4 is 27.6 Å². The first-order valence-corrected chi connectivity index (χ1v) is 10.1. The Hall–Kier alpha value is -3.93. The SMILES string of the molecule is C=CC(=O)N1CC(c2nc3ccc(-c4cc(O)cc5ccccc45)cc3c(=O)n2C)C1. The quantitative estimate of drug-likeness (QED) is 0.523. The molecule has 31 heavy (non-hydrogen) atoms. The van der Waals surface area contributed by atoms with Gasteiger partial charge in [-0.15, -0.1) is 0 Å². The number of carbonyl (C=O) groups excluding carboxylic acids is 1. The topological polar surface area (TPSA) is 75.4 Å². The predicted molar refractivity (Wildman–Crippen MR) is 121 cm³/mol. The summed E-state index contributed by atoms with van der Waals surface area (Å²) in [5.41, 5.74) is 2.21. The van der Waals surface area contributed by atoms with E-state index >= 15 is 0 Å². The van der Waals surface area contributed by atoms with Gasteiger partial charge in [0.1, 0.15) is 11.6 Å². The molecule has 4 aromatic rings. The third-order valence-corrected chi connectivity index (χ3v) is 6.00. The molecular formula is C25H21N3O3. The lowest BCUT2D eigenvalue weighted by Gasteiger charge is -2.38. The number of aromatic hydroxyl groups is 1. The first-order valence-electron chi connectivity index (χ1n) is 10.1. The summed E-state index contributed by atoms with van der Waals surface area (Å²) >= 11 is 0. The van der Waals surface area contributed by atoms with Gasteiger partial charge in [0.25, 0.3) is 5.56 Å². The number of rotatable bonds is 3. The van der Waals surface area contributed by atoms with Crippen molar-refractivity contribution in [3.63, 3.8) is 0 Å². The standard InChI is InChI=1S/C25H21N3O3/c1-3-23(30)28-13-17(14-28)24-26-22-9-8-16(11-21(22)25(31)27(24)2)20-12-18(29)10-15-6-4-5-7-19(15)20/h3-12,17,29H,1,13-14H2,2H3. The maximum atomic E-state index is 13.2. The number of benzene rings is 3. The monoisotopic (exact) mass is 411 g/mol. The van der Waals surface area contributed by atoms with Gasteiger partial charge < -0.3 is 10.0 Å². The molecule has 1 aliphatic rings. The maximum Gasteiger partial charge on any atom is 0.261 e. The van der Waals surface area contributed by atoms with E-state index < -0.39 is 0 Å². The molecule has 1 amide bonds. The van der Waals surface area contributed by atoms with Crippen LogP contribution < -0.4 is 5.56 Å². The van der Waals surface area contributed by atoms with Gasteiger partial charge in [-0.1, -0.05) is 36.9 Å². The number of phenols is 1. The van der Waals surface area contributed by atoms with Gasteiger partial charge in [-0.2, -0.15) is 0 Å². The highest BCUT2D eigenvalue weighted by molar-refractivity contribution is 5.99. The van der Waals surface area contributed by atoms with Crippen LogP contribution in [-0.4, -0.2) is 38.6 Å². The fourth-order valence-electron chi connectivity index (χ4n) is 4.31. The highest BCUT2D eigenvalue weighted by atomic mass is 16.3. The van der Waals surface area contributed by atoms with E-state index in [0.29, 0.717) is 29.8 Å². The summed E-state index contributed by atoms with van der Waals surface area (Å²) < 4.78 is 1.58. The van der Waals surface area contributed by atoms with Crippen molar-refractivity contribution in [2.75, 3.05) is 13.1 Å². The number of fused-ring (bicyclic) bond motifs is 2. The lowest BCUT2D eigenvalue weighted by atomic mass is 9.96. The highest BCUT2D eigenvalue weighted by Crippen LogP contribution is 2.34. The van der Waals surface area contributed by atoms with E-state index in [1.165, 1.54) is 6.08 Å². The minimum atomic E-state index is -0.125. The second kappa shape index (κ2) is 7.09. The average molecular weight is 411 g/mol. The molecule has 3 aromatic carbocycles. The molecule has 0 bridgehead atoms. The zero-order valence-corrected chi connectivity index (χ0v) is 17.1. The molecule has 0 aliphatic carbocycles. The number of amides is 1. The molecule has 0 unspecified atom stereocenters. The molecule has 1 aromatic heterocycles. The van der Waals surface area contributed by atoms with Gasteiger partial charge in [0.05, 0.1) is 16.8 Å². The number of hydrogen-bond acceptors (Lipinski definition) is 4. The smallest absolute Gasteiger partial charge is 0.261 e. The van der Waals surface area contributed by atoms with Crippen LogP contribution in [0.5, 0.6) is 5.75 Å². The third kappa shape index (κ3) is 3.08. The minimum Gasteiger partial charge on any atom is -0.508 e. The first-order chi connectivity index (χ1) is 15.0. The van der Waals surface area contributed by atoms with E-state index in [-0.39, 0.29) is 23.1 Å². The Morgan fingerprint density at radius 2 is 1.90 bits per heavy atom. The van der Waals surface area contributed by atoms with E-state index in [0.717, 1.165) is 21.9 Å². The summed E-state index contributed by atoms with van der Waals surface area (Å²) in [5.74, 6) is 0.783. The minimum absolute atomic E-state index is 0.0284. The molecule has 6 heteroatoms. The lowest BCUT2D eigenvalue weighted by Crippen LogP contribution is -2.49. The molecule has 154 valence electrons. The average Bonchev–Trinajstić information content (AvgIpc) is 2.75. The summed E-state index contributed by atoms with van der Waals surface area (Å²) in [6.07, 6.45) is 1.30. The molecule has 5 rings (SSSR count). The second-order valence-electron chi connectivity index (χ2n) is 7.92. The van der Waals surface area contributed by atoms with Crippen LogP contribution in [0.4, 0.5) is 0 Å². The summed E-state index contributed by atoms with van der Waals surface area (Å²) in [7, 11) is 1.72. The fraction of sp³-hybridized carbons (Fsp3) is 0.160. The molecule has 2 heterocycles. The molecular weight excluding hydrogens is 390 g/mol. The largest absolute Gasteiger partial charge is 0.508 e. The summed E-state index contributed by atoms with van der Waals surface area (Å²) in [6.45, 7) is 4.58. The van der Waals surface area contributed by atoms with Crippen molar-refractivity contribution in [2.24, 2.45) is 7.05 Å². The van der Waals surface area contributed by atoms with Gasteiger partial charge in [0.15, 0.2) is 0 Å². The summed E-state index contributed by atoms with van der Waals surface area (Å²) in [6, 6.07) is 16.9.